The maximum Gasteiger partial charge on any atom is 0.166 e. The number of Topliss-reactive ketones (excluding diaryl/α,β-unsaturated/α-hetero) is 1. The lowest BCUT2D eigenvalue weighted by molar-refractivity contribution is 0.0996. The second-order valence-corrected chi connectivity index (χ2v) is 4.66. The molecule has 2 rings (SSSR count). The summed E-state index contributed by atoms with van der Waals surface area (Å²) in [6.45, 7) is 0. The summed E-state index contributed by atoms with van der Waals surface area (Å²) in [5.74, 6) is -0.00679. The Kier molecular flexibility index (Phi) is 4.80. The van der Waals surface area contributed by atoms with Crippen LogP contribution in [0.4, 0.5) is 5.69 Å². The van der Waals surface area contributed by atoms with E-state index < -0.39 is 0 Å². The number of allylic oxidation sites excluding steroid dienone is 1. The van der Waals surface area contributed by atoms with E-state index in [0.717, 1.165) is 5.56 Å². The lowest BCUT2D eigenvalue weighted by atomic mass is 10.1. The summed E-state index contributed by atoms with van der Waals surface area (Å²) in [5, 5.41) is 3.48. The third-order valence-corrected chi connectivity index (χ3v) is 3.03. The van der Waals surface area contributed by atoms with E-state index >= 15 is 0 Å². The van der Waals surface area contributed by atoms with Crippen LogP contribution in [0.5, 0.6) is 0 Å². The fourth-order valence-electron chi connectivity index (χ4n) is 1.70. The van der Waals surface area contributed by atoms with E-state index in [-0.39, 0.29) is 5.78 Å². The van der Waals surface area contributed by atoms with Gasteiger partial charge in [0.2, 0.25) is 0 Å². The summed E-state index contributed by atoms with van der Waals surface area (Å²) < 4.78 is 0. The Balaban J connectivity index is 1.97. The van der Waals surface area contributed by atoms with Crippen LogP contribution in [0.2, 0.25) is 5.02 Å². The number of hydrogen-bond acceptors (Lipinski definition) is 3. The molecular formula is C16H12ClNO2. The number of nitrogens with zero attached hydrogens (tertiary/aromatic N) is 1. The Morgan fingerprint density at radius 3 is 2.30 bits per heavy atom. The fraction of sp³-hybridized carbons (Fsp3) is 0.0625. The number of rotatable bonds is 5. The lowest BCUT2D eigenvalue weighted by Gasteiger charge is -1.98. The highest BCUT2D eigenvalue weighted by molar-refractivity contribution is 6.30. The van der Waals surface area contributed by atoms with Gasteiger partial charge in [-0.15, -0.1) is 4.91 Å². The molecule has 0 fully saturated rings. The summed E-state index contributed by atoms with van der Waals surface area (Å²) in [7, 11) is 0. The Hall–Kier alpha value is -2.26. The molecule has 0 aliphatic rings. The van der Waals surface area contributed by atoms with Crippen molar-refractivity contribution >= 4 is 29.1 Å². The highest BCUT2D eigenvalue weighted by atomic mass is 35.5. The Morgan fingerprint density at radius 2 is 1.70 bits per heavy atom. The minimum atomic E-state index is -0.00679. The molecule has 0 radical (unpaired) electrons. The minimum Gasteiger partial charge on any atom is -0.294 e. The van der Waals surface area contributed by atoms with Gasteiger partial charge in [0.05, 0.1) is 0 Å². The zero-order chi connectivity index (χ0) is 14.4. The van der Waals surface area contributed by atoms with E-state index in [0.29, 0.717) is 22.7 Å². The molecule has 20 heavy (non-hydrogen) atoms. The molecule has 0 unspecified atom stereocenters. The van der Waals surface area contributed by atoms with Gasteiger partial charge >= 0.3 is 0 Å². The van der Waals surface area contributed by atoms with Gasteiger partial charge in [-0.05, 0) is 47.1 Å². The molecule has 0 saturated carbocycles. The van der Waals surface area contributed by atoms with Gasteiger partial charge in [-0.2, -0.15) is 0 Å². The zero-order valence-electron chi connectivity index (χ0n) is 10.6. The highest BCUT2D eigenvalue weighted by Crippen LogP contribution is 2.14. The summed E-state index contributed by atoms with van der Waals surface area (Å²) in [5.41, 5.74) is 1.87. The SMILES string of the molecule is O=Nc1ccc(C(=O)C/C=C/c2ccc(Cl)cc2)cc1. The summed E-state index contributed by atoms with van der Waals surface area (Å²) >= 11 is 5.79. The van der Waals surface area contributed by atoms with Crippen LogP contribution < -0.4 is 0 Å². The van der Waals surface area contributed by atoms with Crippen molar-refractivity contribution in [1.82, 2.24) is 0 Å². The average molecular weight is 286 g/mol. The molecule has 0 aliphatic heterocycles. The number of carbonyl (C=O) groups excluding carboxylic acids is 1. The average Bonchev–Trinajstić information content (AvgIpc) is 2.49. The van der Waals surface area contributed by atoms with Crippen LogP contribution >= 0.6 is 11.6 Å². The molecule has 0 saturated heterocycles. The highest BCUT2D eigenvalue weighted by Gasteiger charge is 2.03. The van der Waals surface area contributed by atoms with Gasteiger partial charge in [0, 0.05) is 17.0 Å². The van der Waals surface area contributed by atoms with Crippen molar-refractivity contribution in [1.29, 1.82) is 0 Å². The normalized spacial score (nSPS) is 10.7. The van der Waals surface area contributed by atoms with Crippen molar-refractivity contribution in [3.63, 3.8) is 0 Å². The van der Waals surface area contributed by atoms with Gasteiger partial charge in [0.15, 0.2) is 5.78 Å². The second-order valence-electron chi connectivity index (χ2n) is 4.22. The molecule has 0 aliphatic carbocycles. The number of benzene rings is 2. The summed E-state index contributed by atoms with van der Waals surface area (Å²) in [6.07, 6.45) is 3.98. The predicted molar refractivity (Wildman–Crippen MR) is 81.3 cm³/mol. The van der Waals surface area contributed by atoms with E-state index in [1.54, 1.807) is 30.3 Å². The topological polar surface area (TPSA) is 46.5 Å². The molecule has 4 heteroatoms. The van der Waals surface area contributed by atoms with Crippen LogP contribution in [-0.4, -0.2) is 5.78 Å². The molecule has 0 spiro atoms. The van der Waals surface area contributed by atoms with Crippen molar-refractivity contribution in [2.45, 2.75) is 6.42 Å². The maximum absolute atomic E-state index is 11.9. The number of carbonyl (C=O) groups is 1. The van der Waals surface area contributed by atoms with Crippen LogP contribution in [0.1, 0.15) is 22.3 Å². The fourth-order valence-corrected chi connectivity index (χ4v) is 1.83. The molecule has 100 valence electrons. The molecule has 0 amide bonds. The molecule has 0 N–H and O–H groups in total. The molecule has 3 nitrogen and oxygen atoms in total. The van der Waals surface area contributed by atoms with Crippen LogP contribution in [0.25, 0.3) is 6.08 Å². The maximum atomic E-state index is 11.9. The molecule has 2 aromatic rings. The minimum absolute atomic E-state index is 0.00679. The third-order valence-electron chi connectivity index (χ3n) is 2.78. The second kappa shape index (κ2) is 6.78. The van der Waals surface area contributed by atoms with Crippen molar-refractivity contribution in [2.24, 2.45) is 5.18 Å². The number of halogens is 1. The van der Waals surface area contributed by atoms with Crippen molar-refractivity contribution in [3.8, 4) is 0 Å². The molecule has 0 aromatic heterocycles. The summed E-state index contributed by atoms with van der Waals surface area (Å²) in [6, 6.07) is 13.6. The molecular weight excluding hydrogens is 274 g/mol. The van der Waals surface area contributed by atoms with Gasteiger partial charge in [-0.3, -0.25) is 4.79 Å². The van der Waals surface area contributed by atoms with E-state index in [4.69, 9.17) is 11.6 Å². The van der Waals surface area contributed by atoms with Gasteiger partial charge in [0.25, 0.3) is 0 Å². The Morgan fingerprint density at radius 1 is 1.05 bits per heavy atom. The first-order valence-corrected chi connectivity index (χ1v) is 6.45. The standard InChI is InChI=1S/C16H12ClNO2/c17-14-8-4-12(5-9-14)2-1-3-16(19)13-6-10-15(18-20)11-7-13/h1-2,4-11H,3H2/b2-1+. The van der Waals surface area contributed by atoms with Crippen LogP contribution in [0.15, 0.2) is 59.8 Å². The molecule has 2 aromatic carbocycles. The van der Waals surface area contributed by atoms with E-state index in [1.165, 1.54) is 12.1 Å². The summed E-state index contributed by atoms with van der Waals surface area (Å²) in [4.78, 5) is 22.2. The van der Waals surface area contributed by atoms with E-state index in [1.807, 2.05) is 18.2 Å². The first-order chi connectivity index (χ1) is 9.69. The first-order valence-electron chi connectivity index (χ1n) is 6.08. The number of hydrogen-bond donors (Lipinski definition) is 0. The third kappa shape index (κ3) is 3.87. The predicted octanol–water partition coefficient (Wildman–Crippen LogP) is 5.02. The zero-order valence-corrected chi connectivity index (χ0v) is 11.4. The van der Waals surface area contributed by atoms with E-state index in [9.17, 15) is 9.70 Å². The Bertz CT molecular complexity index is 631. The van der Waals surface area contributed by atoms with Crippen LogP contribution in [-0.2, 0) is 0 Å². The van der Waals surface area contributed by atoms with Crippen molar-refractivity contribution in [3.05, 3.63) is 75.7 Å². The Labute approximate surface area is 121 Å². The van der Waals surface area contributed by atoms with Gasteiger partial charge < -0.3 is 0 Å². The largest absolute Gasteiger partial charge is 0.294 e. The molecule has 0 atom stereocenters. The molecule has 0 heterocycles. The van der Waals surface area contributed by atoms with Gasteiger partial charge in [-0.1, -0.05) is 35.9 Å². The number of nitroso groups, excluding NO2 is 1. The first kappa shape index (κ1) is 14.2. The van der Waals surface area contributed by atoms with Crippen molar-refractivity contribution < 1.29 is 4.79 Å². The quantitative estimate of drug-likeness (QED) is 0.572. The lowest BCUT2D eigenvalue weighted by Crippen LogP contribution is -1.95. The van der Waals surface area contributed by atoms with Crippen LogP contribution in [0.3, 0.4) is 0 Å². The van der Waals surface area contributed by atoms with E-state index in [2.05, 4.69) is 5.18 Å². The number of ketones is 1. The monoisotopic (exact) mass is 285 g/mol. The molecule has 0 bridgehead atoms. The smallest absolute Gasteiger partial charge is 0.166 e. The van der Waals surface area contributed by atoms with Crippen molar-refractivity contribution in [2.75, 3.05) is 0 Å². The van der Waals surface area contributed by atoms with Crippen LogP contribution in [0, 0.1) is 4.91 Å². The van der Waals surface area contributed by atoms with Gasteiger partial charge in [-0.25, -0.2) is 0 Å². The van der Waals surface area contributed by atoms with Gasteiger partial charge in [0.1, 0.15) is 5.69 Å².